The normalized spacial score (nSPS) is 17.3. The molecule has 4 heteroatoms. The maximum Gasteiger partial charge on any atom is 0.333 e. The van der Waals surface area contributed by atoms with Crippen molar-refractivity contribution in [3.05, 3.63) is 160 Å². The van der Waals surface area contributed by atoms with Crippen LogP contribution in [0.5, 0.6) is 0 Å². The molecule has 8 aromatic rings. The molecule has 3 nitrogen and oxygen atoms in total. The van der Waals surface area contributed by atoms with Gasteiger partial charge in [-0.2, -0.15) is 0 Å². The Kier molecular flexibility index (Phi) is 9.03. The molecule has 0 amide bonds. The number of nitrogens with zero attached hydrogens (tertiary/aromatic N) is 2. The Bertz CT molecular complexity index is 3470. The monoisotopic (exact) mass is 905 g/mol. The van der Waals surface area contributed by atoms with E-state index in [-0.39, 0.29) is 39.3 Å². The summed E-state index contributed by atoms with van der Waals surface area (Å²) in [5.41, 5.74) is 25.4. The summed E-state index contributed by atoms with van der Waals surface area (Å²) >= 11 is 0. The van der Waals surface area contributed by atoms with Crippen LogP contribution in [0.1, 0.15) is 156 Å². The third-order valence-electron chi connectivity index (χ3n) is 17.2. The highest BCUT2D eigenvalue weighted by Gasteiger charge is 2.51. The zero-order valence-corrected chi connectivity index (χ0v) is 43.8. The van der Waals surface area contributed by atoms with Gasteiger partial charge >= 0.3 is 6.85 Å². The van der Waals surface area contributed by atoms with Gasteiger partial charge in [-0.3, -0.25) is 0 Å². The fourth-order valence-corrected chi connectivity index (χ4v) is 12.9. The molecule has 4 aliphatic rings. The van der Waals surface area contributed by atoms with E-state index in [1.165, 1.54) is 118 Å². The van der Waals surface area contributed by atoms with Crippen LogP contribution in [0.3, 0.4) is 0 Å². The number of rotatable bonds is 2. The smallest absolute Gasteiger partial charge is 0.333 e. The van der Waals surface area contributed by atoms with Crippen LogP contribution >= 0.6 is 0 Å². The second-order valence-electron chi connectivity index (χ2n) is 26.1. The van der Waals surface area contributed by atoms with E-state index in [1.807, 2.05) is 0 Å². The minimum Gasteiger partial charge on any atom is -0.456 e. The van der Waals surface area contributed by atoms with Crippen molar-refractivity contribution in [3.8, 4) is 22.3 Å². The first kappa shape index (κ1) is 44.2. The van der Waals surface area contributed by atoms with Gasteiger partial charge in [0, 0.05) is 50.2 Å². The van der Waals surface area contributed by atoms with Crippen molar-refractivity contribution in [2.24, 2.45) is 0 Å². The fourth-order valence-electron chi connectivity index (χ4n) is 12.9. The van der Waals surface area contributed by atoms with Gasteiger partial charge in [0.05, 0.1) is 0 Å². The van der Waals surface area contributed by atoms with E-state index < -0.39 is 0 Å². The van der Waals surface area contributed by atoms with Gasteiger partial charge in [0.15, 0.2) is 0 Å². The number of furan rings is 1. The molecule has 0 saturated carbocycles. The number of hydrogen-bond acceptors (Lipinski definition) is 3. The summed E-state index contributed by atoms with van der Waals surface area (Å²) in [7, 11) is 0. The van der Waals surface area contributed by atoms with Gasteiger partial charge in [-0.1, -0.05) is 165 Å². The largest absolute Gasteiger partial charge is 0.456 e. The van der Waals surface area contributed by atoms with Crippen molar-refractivity contribution >= 4 is 68.1 Å². The Morgan fingerprint density at radius 2 is 1.03 bits per heavy atom. The maximum absolute atomic E-state index is 7.14. The van der Waals surface area contributed by atoms with Crippen molar-refractivity contribution in [1.82, 2.24) is 0 Å². The first-order valence-electron chi connectivity index (χ1n) is 25.7. The highest BCUT2D eigenvalue weighted by atomic mass is 16.3. The molecule has 0 unspecified atom stereocenters. The molecule has 3 heterocycles. The molecule has 348 valence electrons. The zero-order chi connectivity index (χ0) is 48.7. The zero-order valence-electron chi connectivity index (χ0n) is 43.8. The van der Waals surface area contributed by atoms with Crippen molar-refractivity contribution in [3.63, 3.8) is 0 Å². The molecular formula is C65H69BN2O. The highest BCUT2D eigenvalue weighted by Crippen LogP contribution is 2.59. The Morgan fingerprint density at radius 3 is 1.65 bits per heavy atom. The Balaban J connectivity index is 1.24. The molecular weight excluding hydrogens is 836 g/mol. The van der Waals surface area contributed by atoms with E-state index in [2.05, 4.69) is 235 Å². The van der Waals surface area contributed by atoms with Crippen molar-refractivity contribution in [1.29, 1.82) is 0 Å². The van der Waals surface area contributed by atoms with E-state index in [9.17, 15) is 0 Å². The molecule has 0 fully saturated rings. The van der Waals surface area contributed by atoms with E-state index in [1.54, 1.807) is 0 Å². The number of anilines is 5. The quantitative estimate of drug-likeness (QED) is 0.161. The Morgan fingerprint density at radius 1 is 0.478 bits per heavy atom. The van der Waals surface area contributed by atoms with Gasteiger partial charge in [-0.25, -0.2) is 0 Å². The van der Waals surface area contributed by atoms with Crippen LogP contribution in [0.15, 0.2) is 126 Å². The second-order valence-corrected chi connectivity index (χ2v) is 26.1. The standard InChI is InChI=1S/C65H69BN2O/c1-60(2,3)38-20-25-41(26-21-38)67-53-29-24-40(62(7,8)9)32-52(53)66-58-48(33-47-43-18-16-17-19-49(43)65(14,15)57(47)59(58)67)44-36-55-46(35-54(44)68(66)42-27-22-39(23-28-42)61(4,5)6)45-34-50-51(37-56(45)69-55)64(12,13)31-30-63(50,10)11/h16-29,32-37H,30-31H2,1-15H3. The SMILES string of the molecule is CC(C)(C)c1ccc(N2B3c4cc(C(C)(C)C)ccc4N(c4ccc(C(C)(C)C)cc4)c4c3c(cc3c4C(C)(C)c4ccccc4-3)-c3cc4oc5cc6c(cc5c4cc32)C(C)(C)CCC6(C)C)cc1. The van der Waals surface area contributed by atoms with Crippen LogP contribution in [0.25, 0.3) is 44.2 Å². The molecule has 0 spiro atoms. The average molecular weight is 905 g/mol. The molecule has 69 heavy (non-hydrogen) atoms. The fraction of sp³-hybridized carbons (Fsp3) is 0.354. The first-order chi connectivity index (χ1) is 32.3. The summed E-state index contributed by atoms with van der Waals surface area (Å²) in [5.74, 6) is 0. The summed E-state index contributed by atoms with van der Waals surface area (Å²) in [6.45, 7) is 35.4. The van der Waals surface area contributed by atoms with Crippen LogP contribution in [0, 0.1) is 0 Å². The van der Waals surface area contributed by atoms with Crippen LogP contribution in [0.2, 0.25) is 0 Å². The molecule has 0 N–H and O–H groups in total. The lowest BCUT2D eigenvalue weighted by molar-refractivity contribution is 0.332. The molecule has 0 atom stereocenters. The van der Waals surface area contributed by atoms with Gasteiger partial charge in [-0.15, -0.1) is 0 Å². The van der Waals surface area contributed by atoms with E-state index in [4.69, 9.17) is 4.42 Å². The van der Waals surface area contributed by atoms with E-state index in [0.29, 0.717) is 0 Å². The van der Waals surface area contributed by atoms with Gasteiger partial charge in [0.1, 0.15) is 11.2 Å². The van der Waals surface area contributed by atoms with Gasteiger partial charge in [0.2, 0.25) is 0 Å². The van der Waals surface area contributed by atoms with Crippen molar-refractivity contribution in [2.75, 3.05) is 9.71 Å². The van der Waals surface area contributed by atoms with Gasteiger partial charge in [-0.05, 0) is 167 Å². The summed E-state index contributed by atoms with van der Waals surface area (Å²) in [4.78, 5) is 5.36. The summed E-state index contributed by atoms with van der Waals surface area (Å²) < 4.78 is 7.14. The van der Waals surface area contributed by atoms with Gasteiger partial charge in [0.25, 0.3) is 0 Å². The third kappa shape index (κ3) is 6.38. The minimum atomic E-state index is -0.268. The van der Waals surface area contributed by atoms with Crippen LogP contribution in [-0.2, 0) is 32.5 Å². The molecule has 1 aromatic heterocycles. The Hall–Kier alpha value is -6.00. The van der Waals surface area contributed by atoms with Crippen molar-refractivity contribution in [2.45, 2.75) is 149 Å². The summed E-state index contributed by atoms with van der Waals surface area (Å²) in [6.07, 6.45) is 2.33. The number of hydrogen-bond donors (Lipinski definition) is 0. The van der Waals surface area contributed by atoms with E-state index in [0.717, 1.165) is 17.6 Å². The second kappa shape index (κ2) is 14.1. The molecule has 0 bridgehead atoms. The van der Waals surface area contributed by atoms with Crippen LogP contribution in [0.4, 0.5) is 28.4 Å². The molecule has 0 radical (unpaired) electrons. The van der Waals surface area contributed by atoms with Crippen molar-refractivity contribution < 1.29 is 4.42 Å². The molecule has 7 aromatic carbocycles. The summed E-state index contributed by atoms with van der Waals surface area (Å²) in [5, 5.41) is 2.39. The molecule has 2 aliphatic heterocycles. The van der Waals surface area contributed by atoms with Crippen LogP contribution < -0.4 is 20.6 Å². The lowest BCUT2D eigenvalue weighted by atomic mass is 9.42. The minimum absolute atomic E-state index is 0.0185. The van der Waals surface area contributed by atoms with Crippen LogP contribution in [-0.4, -0.2) is 6.85 Å². The average Bonchev–Trinajstić information content (AvgIpc) is 3.76. The predicted molar refractivity (Wildman–Crippen MR) is 296 cm³/mol. The lowest BCUT2D eigenvalue weighted by Gasteiger charge is -2.48. The first-order valence-corrected chi connectivity index (χ1v) is 25.7. The molecule has 2 aliphatic carbocycles. The number of benzene rings is 7. The van der Waals surface area contributed by atoms with Gasteiger partial charge < -0.3 is 14.1 Å². The number of fused-ring (bicyclic) bond motifs is 12. The molecule has 0 saturated heterocycles. The maximum atomic E-state index is 7.14. The predicted octanol–water partition coefficient (Wildman–Crippen LogP) is 16.8. The Labute approximate surface area is 412 Å². The van der Waals surface area contributed by atoms with E-state index >= 15 is 0 Å². The molecule has 12 rings (SSSR count). The summed E-state index contributed by atoms with van der Waals surface area (Å²) in [6, 6.07) is 47.9. The topological polar surface area (TPSA) is 19.6 Å². The lowest BCUT2D eigenvalue weighted by Crippen LogP contribution is -2.62. The highest BCUT2D eigenvalue weighted by molar-refractivity contribution is 6.93. The third-order valence-corrected chi connectivity index (χ3v) is 17.2.